The van der Waals surface area contributed by atoms with Crippen LogP contribution in [0.25, 0.3) is 0 Å². The molecule has 0 aromatic heterocycles. The second-order valence-corrected chi connectivity index (χ2v) is 6.30. The quantitative estimate of drug-likeness (QED) is 0.728. The monoisotopic (exact) mass is 268 g/mol. The fourth-order valence-electron chi connectivity index (χ4n) is 2.84. The number of nitrogens with zero attached hydrogens (tertiary/aromatic N) is 1. The molecule has 0 radical (unpaired) electrons. The molecular weight excluding hydrogens is 240 g/mol. The first-order valence-corrected chi connectivity index (χ1v) is 7.69. The molecule has 2 fully saturated rings. The Morgan fingerprint density at radius 3 is 2.74 bits per heavy atom. The molecule has 2 aliphatic rings. The van der Waals surface area contributed by atoms with Crippen molar-refractivity contribution in [1.82, 2.24) is 10.2 Å². The Kier molecular flexibility index (Phi) is 5.64. The minimum absolute atomic E-state index is 0.310. The van der Waals surface area contributed by atoms with Gasteiger partial charge in [-0.25, -0.2) is 0 Å². The predicted octanol–water partition coefficient (Wildman–Crippen LogP) is 1.65. The fraction of sp³-hybridized carbons (Fsp3) is 0.933. The van der Waals surface area contributed by atoms with Crippen LogP contribution in [-0.2, 0) is 9.53 Å². The Bertz CT molecular complexity index is 286. The van der Waals surface area contributed by atoms with Gasteiger partial charge < -0.3 is 15.0 Å². The molecule has 4 heteroatoms. The van der Waals surface area contributed by atoms with Gasteiger partial charge >= 0.3 is 0 Å². The fourth-order valence-corrected chi connectivity index (χ4v) is 2.84. The number of carbonyl (C=O) groups excluding carboxylic acids is 1. The van der Waals surface area contributed by atoms with Crippen molar-refractivity contribution < 1.29 is 9.53 Å². The van der Waals surface area contributed by atoms with Crippen LogP contribution in [0.5, 0.6) is 0 Å². The molecule has 0 aromatic rings. The van der Waals surface area contributed by atoms with Crippen LogP contribution < -0.4 is 5.32 Å². The van der Waals surface area contributed by atoms with E-state index < -0.39 is 0 Å². The van der Waals surface area contributed by atoms with E-state index in [2.05, 4.69) is 17.1 Å². The summed E-state index contributed by atoms with van der Waals surface area (Å²) in [7, 11) is 1.70. The summed E-state index contributed by atoms with van der Waals surface area (Å²) in [5, 5.41) is 3.50. The zero-order chi connectivity index (χ0) is 13.7. The van der Waals surface area contributed by atoms with Gasteiger partial charge in [0.15, 0.2) is 0 Å². The van der Waals surface area contributed by atoms with Gasteiger partial charge in [-0.2, -0.15) is 0 Å². The lowest BCUT2D eigenvalue weighted by atomic mass is 10.1. The van der Waals surface area contributed by atoms with Gasteiger partial charge in [-0.3, -0.25) is 4.79 Å². The highest BCUT2D eigenvalue weighted by molar-refractivity contribution is 5.76. The molecule has 1 aliphatic heterocycles. The van der Waals surface area contributed by atoms with E-state index in [1.165, 1.54) is 25.7 Å². The lowest BCUT2D eigenvalue weighted by molar-refractivity contribution is -0.133. The summed E-state index contributed by atoms with van der Waals surface area (Å²) in [6.07, 6.45) is 5.68. The molecule has 4 nitrogen and oxygen atoms in total. The first-order chi connectivity index (χ1) is 9.19. The number of rotatable bonds is 8. The van der Waals surface area contributed by atoms with Crippen molar-refractivity contribution in [2.24, 2.45) is 11.8 Å². The molecule has 1 saturated carbocycles. The Morgan fingerprint density at radius 2 is 2.16 bits per heavy atom. The average molecular weight is 268 g/mol. The van der Waals surface area contributed by atoms with Crippen molar-refractivity contribution in [3.8, 4) is 0 Å². The van der Waals surface area contributed by atoms with Gasteiger partial charge in [0.2, 0.25) is 5.91 Å². The molecule has 19 heavy (non-hydrogen) atoms. The SMILES string of the molecule is COCC(C)CC(=O)N(CC1CC1)CC1CCCN1. The number of carbonyl (C=O) groups is 1. The maximum absolute atomic E-state index is 12.4. The highest BCUT2D eigenvalue weighted by Gasteiger charge is 2.29. The van der Waals surface area contributed by atoms with Crippen molar-refractivity contribution in [2.45, 2.75) is 45.1 Å². The largest absolute Gasteiger partial charge is 0.384 e. The minimum atomic E-state index is 0.310. The van der Waals surface area contributed by atoms with Crippen molar-refractivity contribution in [3.63, 3.8) is 0 Å². The number of ether oxygens (including phenoxy) is 1. The second kappa shape index (κ2) is 7.25. The number of methoxy groups -OCH3 is 1. The topological polar surface area (TPSA) is 41.6 Å². The first kappa shape index (κ1) is 14.8. The van der Waals surface area contributed by atoms with Crippen molar-refractivity contribution in [2.75, 3.05) is 33.4 Å². The van der Waals surface area contributed by atoms with Gasteiger partial charge in [0, 0.05) is 39.3 Å². The van der Waals surface area contributed by atoms with E-state index in [1.807, 2.05) is 0 Å². The summed E-state index contributed by atoms with van der Waals surface area (Å²) in [6.45, 7) is 5.73. The molecule has 1 N–H and O–H groups in total. The van der Waals surface area contributed by atoms with E-state index in [-0.39, 0.29) is 0 Å². The van der Waals surface area contributed by atoms with Crippen LogP contribution in [0.15, 0.2) is 0 Å². The van der Waals surface area contributed by atoms with Crippen LogP contribution in [0.1, 0.15) is 39.0 Å². The van der Waals surface area contributed by atoms with Gasteiger partial charge in [-0.1, -0.05) is 6.92 Å². The third-order valence-electron chi connectivity index (χ3n) is 4.11. The molecule has 2 rings (SSSR count). The molecule has 0 bridgehead atoms. The van der Waals surface area contributed by atoms with Gasteiger partial charge in [0.25, 0.3) is 0 Å². The van der Waals surface area contributed by atoms with E-state index in [4.69, 9.17) is 4.74 Å². The lowest BCUT2D eigenvalue weighted by Gasteiger charge is -2.27. The number of hydrogen-bond acceptors (Lipinski definition) is 3. The first-order valence-electron chi connectivity index (χ1n) is 7.69. The number of amides is 1. The Labute approximate surface area is 116 Å². The highest BCUT2D eigenvalue weighted by Crippen LogP contribution is 2.30. The van der Waals surface area contributed by atoms with Crippen LogP contribution in [0, 0.1) is 11.8 Å². The molecular formula is C15H28N2O2. The standard InChI is InChI=1S/C15H28N2O2/c1-12(11-19-2)8-15(18)17(9-13-5-6-13)10-14-4-3-7-16-14/h12-14,16H,3-11H2,1-2H3. The molecule has 2 unspecified atom stereocenters. The van der Waals surface area contributed by atoms with Crippen LogP contribution >= 0.6 is 0 Å². The zero-order valence-electron chi connectivity index (χ0n) is 12.4. The van der Waals surface area contributed by atoms with Crippen molar-refractivity contribution in [1.29, 1.82) is 0 Å². The van der Waals surface area contributed by atoms with E-state index in [0.717, 1.165) is 25.6 Å². The maximum atomic E-state index is 12.4. The predicted molar refractivity (Wildman–Crippen MR) is 76.0 cm³/mol. The summed E-state index contributed by atoms with van der Waals surface area (Å²) in [4.78, 5) is 14.5. The molecule has 1 aliphatic carbocycles. The average Bonchev–Trinajstić information content (AvgIpc) is 3.03. The maximum Gasteiger partial charge on any atom is 0.222 e. The second-order valence-electron chi connectivity index (χ2n) is 6.30. The van der Waals surface area contributed by atoms with E-state index >= 15 is 0 Å². The van der Waals surface area contributed by atoms with Gasteiger partial charge in [-0.15, -0.1) is 0 Å². The molecule has 0 aromatic carbocycles. The normalized spacial score (nSPS) is 24.4. The molecule has 0 spiro atoms. The van der Waals surface area contributed by atoms with E-state index in [1.54, 1.807) is 7.11 Å². The zero-order valence-corrected chi connectivity index (χ0v) is 12.4. The molecule has 1 amide bonds. The Hall–Kier alpha value is -0.610. The summed E-state index contributed by atoms with van der Waals surface area (Å²) < 4.78 is 5.13. The van der Waals surface area contributed by atoms with Crippen LogP contribution in [-0.4, -0.2) is 50.2 Å². The van der Waals surface area contributed by atoms with Crippen LogP contribution in [0.2, 0.25) is 0 Å². The highest BCUT2D eigenvalue weighted by atomic mass is 16.5. The van der Waals surface area contributed by atoms with Crippen LogP contribution in [0.4, 0.5) is 0 Å². The molecule has 2 atom stereocenters. The minimum Gasteiger partial charge on any atom is -0.384 e. The van der Waals surface area contributed by atoms with E-state index in [9.17, 15) is 4.79 Å². The number of hydrogen-bond donors (Lipinski definition) is 1. The summed E-state index contributed by atoms with van der Waals surface area (Å²) in [5.74, 6) is 1.39. The van der Waals surface area contributed by atoms with Crippen molar-refractivity contribution >= 4 is 5.91 Å². The smallest absolute Gasteiger partial charge is 0.222 e. The Balaban J connectivity index is 1.81. The van der Waals surface area contributed by atoms with E-state index in [0.29, 0.717) is 30.9 Å². The molecule has 110 valence electrons. The Morgan fingerprint density at radius 1 is 1.37 bits per heavy atom. The van der Waals surface area contributed by atoms with Gasteiger partial charge in [-0.05, 0) is 44.1 Å². The molecule has 1 heterocycles. The lowest BCUT2D eigenvalue weighted by Crippen LogP contribution is -2.42. The molecule has 1 saturated heterocycles. The van der Waals surface area contributed by atoms with Gasteiger partial charge in [0.1, 0.15) is 0 Å². The number of nitrogens with one attached hydrogen (secondary N) is 1. The summed E-state index contributed by atoms with van der Waals surface area (Å²) >= 11 is 0. The summed E-state index contributed by atoms with van der Waals surface area (Å²) in [5.41, 5.74) is 0. The summed E-state index contributed by atoms with van der Waals surface area (Å²) in [6, 6.07) is 0.514. The third kappa shape index (κ3) is 5.11. The van der Waals surface area contributed by atoms with Crippen molar-refractivity contribution in [3.05, 3.63) is 0 Å². The van der Waals surface area contributed by atoms with Gasteiger partial charge in [0.05, 0.1) is 0 Å². The third-order valence-corrected chi connectivity index (χ3v) is 4.11. The van der Waals surface area contributed by atoms with Crippen LogP contribution in [0.3, 0.4) is 0 Å².